The normalized spacial score (nSPS) is 18.3. The van der Waals surface area contributed by atoms with Crippen LogP contribution in [-0.4, -0.2) is 54.0 Å². The van der Waals surface area contributed by atoms with Gasteiger partial charge in [0, 0.05) is 32.2 Å². The van der Waals surface area contributed by atoms with E-state index in [-0.39, 0.29) is 5.91 Å². The molecular weight excluding hydrogens is 250 g/mol. The molecule has 0 unspecified atom stereocenters. The van der Waals surface area contributed by atoms with Gasteiger partial charge in [-0.05, 0) is 25.8 Å². The Morgan fingerprint density at radius 2 is 1.75 bits per heavy atom. The minimum absolute atomic E-state index is 0.0808. The van der Waals surface area contributed by atoms with Crippen LogP contribution in [0.5, 0.6) is 0 Å². The number of rotatable bonds is 4. The van der Waals surface area contributed by atoms with Gasteiger partial charge in [0.1, 0.15) is 0 Å². The fourth-order valence-corrected chi connectivity index (χ4v) is 2.65. The van der Waals surface area contributed by atoms with Crippen LogP contribution >= 0.6 is 0 Å². The lowest BCUT2D eigenvalue weighted by Gasteiger charge is -2.37. The van der Waals surface area contributed by atoms with E-state index in [9.17, 15) is 4.79 Å². The van der Waals surface area contributed by atoms with Gasteiger partial charge >= 0.3 is 0 Å². The van der Waals surface area contributed by atoms with Gasteiger partial charge in [-0.3, -0.25) is 9.69 Å². The Morgan fingerprint density at radius 1 is 1.15 bits per heavy atom. The van der Waals surface area contributed by atoms with E-state index in [4.69, 9.17) is 5.73 Å². The van der Waals surface area contributed by atoms with Crippen LogP contribution in [0.3, 0.4) is 0 Å². The largest absolute Gasteiger partial charge is 0.339 e. The second-order valence-corrected chi connectivity index (χ2v) is 5.75. The molecule has 1 amide bonds. The van der Waals surface area contributed by atoms with Crippen LogP contribution in [0.1, 0.15) is 19.4 Å². The first kappa shape index (κ1) is 15.0. The summed E-state index contributed by atoms with van der Waals surface area (Å²) in [5, 5.41) is 0. The molecule has 0 bridgehead atoms. The fourth-order valence-electron chi connectivity index (χ4n) is 2.65. The third kappa shape index (κ3) is 3.81. The van der Waals surface area contributed by atoms with Crippen LogP contribution < -0.4 is 5.73 Å². The summed E-state index contributed by atoms with van der Waals surface area (Å²) in [5.41, 5.74) is 7.19. The van der Waals surface area contributed by atoms with E-state index >= 15 is 0 Å². The molecule has 2 rings (SSSR count). The highest BCUT2D eigenvalue weighted by atomic mass is 16.2. The van der Waals surface area contributed by atoms with Crippen LogP contribution in [0.25, 0.3) is 0 Å². The molecule has 2 N–H and O–H groups in total. The van der Waals surface area contributed by atoms with E-state index in [2.05, 4.69) is 18.7 Å². The molecule has 1 saturated heterocycles. The molecule has 1 atom stereocenters. The first-order valence-electron chi connectivity index (χ1n) is 7.40. The maximum Gasteiger partial charge on any atom is 0.239 e. The van der Waals surface area contributed by atoms with E-state index in [0.29, 0.717) is 12.5 Å². The zero-order valence-electron chi connectivity index (χ0n) is 12.5. The Hall–Kier alpha value is -1.39. The molecule has 4 heteroatoms. The second-order valence-electron chi connectivity index (χ2n) is 5.75. The highest BCUT2D eigenvalue weighted by Gasteiger charge is 2.25. The van der Waals surface area contributed by atoms with Crippen LogP contribution in [0, 0.1) is 0 Å². The molecule has 1 aromatic rings. The minimum atomic E-state index is -0.428. The van der Waals surface area contributed by atoms with Gasteiger partial charge in [-0.2, -0.15) is 0 Å². The first-order valence-corrected chi connectivity index (χ1v) is 7.40. The van der Waals surface area contributed by atoms with E-state index in [1.165, 1.54) is 0 Å². The Balaban J connectivity index is 1.85. The predicted octanol–water partition coefficient (Wildman–Crippen LogP) is 1.11. The number of carbonyl (C=O) groups is 1. The van der Waals surface area contributed by atoms with Gasteiger partial charge in [0.15, 0.2) is 0 Å². The van der Waals surface area contributed by atoms with Crippen LogP contribution in [-0.2, 0) is 11.2 Å². The number of piperazine rings is 1. The van der Waals surface area contributed by atoms with E-state index in [1.54, 1.807) is 0 Å². The lowest BCUT2D eigenvalue weighted by Crippen LogP contribution is -2.54. The van der Waals surface area contributed by atoms with Crippen molar-refractivity contribution in [2.45, 2.75) is 32.4 Å². The molecule has 110 valence electrons. The van der Waals surface area contributed by atoms with E-state index < -0.39 is 6.04 Å². The van der Waals surface area contributed by atoms with Crippen molar-refractivity contribution in [2.24, 2.45) is 5.73 Å². The summed E-state index contributed by atoms with van der Waals surface area (Å²) < 4.78 is 0. The first-order chi connectivity index (χ1) is 9.58. The average Bonchev–Trinajstić information content (AvgIpc) is 2.47. The number of amides is 1. The second kappa shape index (κ2) is 6.86. The molecule has 1 fully saturated rings. The summed E-state index contributed by atoms with van der Waals surface area (Å²) in [4.78, 5) is 16.7. The molecule has 1 aliphatic heterocycles. The van der Waals surface area contributed by atoms with Crippen molar-refractivity contribution in [2.75, 3.05) is 26.2 Å². The zero-order valence-corrected chi connectivity index (χ0v) is 12.5. The SMILES string of the molecule is CC(C)N1CCN(C(=O)[C@@H](N)Cc2ccccc2)CC1. The summed E-state index contributed by atoms with van der Waals surface area (Å²) >= 11 is 0. The summed E-state index contributed by atoms with van der Waals surface area (Å²) in [6, 6.07) is 10.1. The van der Waals surface area contributed by atoms with Gasteiger partial charge in [-0.15, -0.1) is 0 Å². The van der Waals surface area contributed by atoms with E-state index in [1.807, 2.05) is 35.2 Å². The number of hydrogen-bond acceptors (Lipinski definition) is 3. The highest BCUT2D eigenvalue weighted by molar-refractivity contribution is 5.82. The van der Waals surface area contributed by atoms with Gasteiger partial charge in [-0.25, -0.2) is 0 Å². The molecule has 4 nitrogen and oxygen atoms in total. The number of benzene rings is 1. The van der Waals surface area contributed by atoms with Gasteiger partial charge < -0.3 is 10.6 Å². The summed E-state index contributed by atoms with van der Waals surface area (Å²) in [6.07, 6.45) is 0.615. The van der Waals surface area contributed by atoms with Crippen molar-refractivity contribution in [3.63, 3.8) is 0 Å². The van der Waals surface area contributed by atoms with Gasteiger partial charge in [0.05, 0.1) is 6.04 Å². The molecule has 0 aliphatic carbocycles. The number of hydrogen-bond donors (Lipinski definition) is 1. The summed E-state index contributed by atoms with van der Waals surface area (Å²) in [7, 11) is 0. The molecule has 1 aliphatic rings. The van der Waals surface area contributed by atoms with Crippen molar-refractivity contribution >= 4 is 5.91 Å². The van der Waals surface area contributed by atoms with Gasteiger partial charge in [0.25, 0.3) is 0 Å². The van der Waals surface area contributed by atoms with Crippen LogP contribution in [0.4, 0.5) is 0 Å². The van der Waals surface area contributed by atoms with Crippen molar-refractivity contribution in [3.05, 3.63) is 35.9 Å². The number of nitrogens with two attached hydrogens (primary N) is 1. The molecular formula is C16H25N3O. The Kier molecular flexibility index (Phi) is 5.15. The standard InChI is InChI=1S/C16H25N3O/c1-13(2)18-8-10-19(11-9-18)16(20)15(17)12-14-6-4-3-5-7-14/h3-7,13,15H,8-12,17H2,1-2H3/t15-/m0/s1. The maximum atomic E-state index is 12.4. The van der Waals surface area contributed by atoms with E-state index in [0.717, 1.165) is 31.7 Å². The maximum absolute atomic E-state index is 12.4. The lowest BCUT2D eigenvalue weighted by atomic mass is 10.1. The third-order valence-corrected chi connectivity index (χ3v) is 3.97. The quantitative estimate of drug-likeness (QED) is 0.895. The van der Waals surface area contributed by atoms with Crippen molar-refractivity contribution in [1.29, 1.82) is 0 Å². The Morgan fingerprint density at radius 3 is 2.30 bits per heavy atom. The Bertz CT molecular complexity index is 425. The average molecular weight is 275 g/mol. The fraction of sp³-hybridized carbons (Fsp3) is 0.562. The Labute approximate surface area is 121 Å². The van der Waals surface area contributed by atoms with Crippen molar-refractivity contribution < 1.29 is 4.79 Å². The molecule has 1 aromatic carbocycles. The molecule has 1 heterocycles. The molecule has 0 spiro atoms. The lowest BCUT2D eigenvalue weighted by molar-refractivity contribution is -0.134. The van der Waals surface area contributed by atoms with Crippen LogP contribution in [0.15, 0.2) is 30.3 Å². The van der Waals surface area contributed by atoms with Gasteiger partial charge in [-0.1, -0.05) is 30.3 Å². The topological polar surface area (TPSA) is 49.6 Å². The molecule has 0 saturated carbocycles. The smallest absolute Gasteiger partial charge is 0.239 e. The summed E-state index contributed by atoms with van der Waals surface area (Å²) in [6.45, 7) is 7.86. The molecule has 0 aromatic heterocycles. The van der Waals surface area contributed by atoms with Crippen LogP contribution in [0.2, 0.25) is 0 Å². The number of carbonyl (C=O) groups excluding carboxylic acids is 1. The number of nitrogens with zero attached hydrogens (tertiary/aromatic N) is 2. The monoisotopic (exact) mass is 275 g/mol. The minimum Gasteiger partial charge on any atom is -0.339 e. The zero-order chi connectivity index (χ0) is 14.5. The van der Waals surface area contributed by atoms with Crippen molar-refractivity contribution in [1.82, 2.24) is 9.80 Å². The highest BCUT2D eigenvalue weighted by Crippen LogP contribution is 2.09. The van der Waals surface area contributed by atoms with Crippen molar-refractivity contribution in [3.8, 4) is 0 Å². The molecule has 20 heavy (non-hydrogen) atoms. The van der Waals surface area contributed by atoms with Gasteiger partial charge in [0.2, 0.25) is 5.91 Å². The summed E-state index contributed by atoms with van der Waals surface area (Å²) in [5.74, 6) is 0.0808. The predicted molar refractivity (Wildman–Crippen MR) is 81.4 cm³/mol. The third-order valence-electron chi connectivity index (χ3n) is 3.97. The molecule has 0 radical (unpaired) electrons.